The second kappa shape index (κ2) is 5.98. The Labute approximate surface area is 113 Å². The van der Waals surface area contributed by atoms with Crippen molar-refractivity contribution in [1.82, 2.24) is 0 Å². The van der Waals surface area contributed by atoms with E-state index in [0.717, 1.165) is 24.0 Å². The van der Waals surface area contributed by atoms with Gasteiger partial charge in [-0.25, -0.2) is 4.39 Å². The monoisotopic (exact) mass is 258 g/mol. The lowest BCUT2D eigenvalue weighted by atomic mass is 9.97. The van der Waals surface area contributed by atoms with Crippen LogP contribution in [0.15, 0.2) is 42.5 Å². The van der Waals surface area contributed by atoms with E-state index in [1.165, 1.54) is 17.7 Å². The van der Waals surface area contributed by atoms with Crippen LogP contribution in [0.4, 0.5) is 4.39 Å². The van der Waals surface area contributed by atoms with Crippen molar-refractivity contribution in [3.8, 4) is 0 Å². The van der Waals surface area contributed by atoms with Gasteiger partial charge in [-0.15, -0.1) is 0 Å². The zero-order valence-corrected chi connectivity index (χ0v) is 11.4. The first-order valence-corrected chi connectivity index (χ1v) is 6.64. The molecule has 19 heavy (non-hydrogen) atoms. The van der Waals surface area contributed by atoms with E-state index in [4.69, 9.17) is 0 Å². The van der Waals surface area contributed by atoms with Crippen LogP contribution < -0.4 is 0 Å². The Morgan fingerprint density at radius 1 is 1.11 bits per heavy atom. The topological polar surface area (TPSA) is 20.2 Å². The van der Waals surface area contributed by atoms with E-state index >= 15 is 0 Å². The van der Waals surface area contributed by atoms with Crippen LogP contribution in [0, 0.1) is 12.7 Å². The lowest BCUT2D eigenvalue weighted by molar-refractivity contribution is 0.219. The number of aliphatic hydroxyl groups excluding tert-OH is 1. The van der Waals surface area contributed by atoms with Gasteiger partial charge in [-0.2, -0.15) is 0 Å². The van der Waals surface area contributed by atoms with Crippen LogP contribution >= 0.6 is 0 Å². The third kappa shape index (κ3) is 3.42. The molecule has 2 heteroatoms. The first-order chi connectivity index (χ1) is 9.10. The van der Waals surface area contributed by atoms with E-state index < -0.39 is 6.10 Å². The Balaban J connectivity index is 2.32. The zero-order valence-electron chi connectivity index (χ0n) is 11.4. The summed E-state index contributed by atoms with van der Waals surface area (Å²) >= 11 is 0. The van der Waals surface area contributed by atoms with E-state index in [1.807, 2.05) is 31.2 Å². The van der Waals surface area contributed by atoms with Gasteiger partial charge in [-0.1, -0.05) is 43.7 Å². The molecule has 0 bridgehead atoms. The van der Waals surface area contributed by atoms with Gasteiger partial charge in [-0.05, 0) is 47.7 Å². The van der Waals surface area contributed by atoms with E-state index in [9.17, 15) is 9.50 Å². The summed E-state index contributed by atoms with van der Waals surface area (Å²) in [5.41, 5.74) is 3.44. The van der Waals surface area contributed by atoms with Gasteiger partial charge in [0, 0.05) is 0 Å². The SMILES string of the molecule is CCCc1cccc(C(O)c2cc(C)cc(F)c2)c1. The van der Waals surface area contributed by atoms with Crippen LogP contribution in [0.5, 0.6) is 0 Å². The molecule has 1 unspecified atom stereocenters. The number of rotatable bonds is 4. The smallest absolute Gasteiger partial charge is 0.123 e. The number of aryl methyl sites for hydroxylation is 2. The lowest BCUT2D eigenvalue weighted by Crippen LogP contribution is -2.01. The molecule has 1 atom stereocenters. The van der Waals surface area contributed by atoms with E-state index in [-0.39, 0.29) is 5.82 Å². The summed E-state index contributed by atoms with van der Waals surface area (Å²) in [6.07, 6.45) is 1.28. The third-order valence-corrected chi connectivity index (χ3v) is 3.19. The second-order valence-corrected chi connectivity index (χ2v) is 4.96. The van der Waals surface area contributed by atoms with Crippen LogP contribution in [0.25, 0.3) is 0 Å². The molecule has 100 valence electrons. The minimum atomic E-state index is -0.772. The molecule has 0 fully saturated rings. The van der Waals surface area contributed by atoms with Gasteiger partial charge in [0.2, 0.25) is 0 Å². The number of halogens is 1. The van der Waals surface area contributed by atoms with Crippen LogP contribution in [0.1, 0.15) is 41.7 Å². The Morgan fingerprint density at radius 2 is 1.89 bits per heavy atom. The second-order valence-electron chi connectivity index (χ2n) is 4.96. The molecular weight excluding hydrogens is 239 g/mol. The lowest BCUT2D eigenvalue weighted by Gasteiger charge is -2.13. The highest BCUT2D eigenvalue weighted by Crippen LogP contribution is 2.24. The molecule has 1 nitrogen and oxygen atoms in total. The largest absolute Gasteiger partial charge is 0.384 e. The molecule has 0 heterocycles. The summed E-state index contributed by atoms with van der Waals surface area (Å²) < 4.78 is 13.4. The summed E-state index contributed by atoms with van der Waals surface area (Å²) in [5, 5.41) is 10.4. The number of aliphatic hydroxyl groups is 1. The Morgan fingerprint density at radius 3 is 2.58 bits per heavy atom. The highest BCUT2D eigenvalue weighted by atomic mass is 19.1. The molecule has 0 aromatic heterocycles. The quantitative estimate of drug-likeness (QED) is 0.872. The highest BCUT2D eigenvalue weighted by molar-refractivity contribution is 5.34. The summed E-state index contributed by atoms with van der Waals surface area (Å²) in [4.78, 5) is 0. The van der Waals surface area contributed by atoms with Gasteiger partial charge in [0.15, 0.2) is 0 Å². The standard InChI is InChI=1S/C17H19FO/c1-3-5-13-6-4-7-14(10-13)17(19)15-8-12(2)9-16(18)11-15/h4,6-11,17,19H,3,5H2,1-2H3. The minimum absolute atomic E-state index is 0.307. The Bertz CT molecular complexity index is 543. The number of benzene rings is 2. The van der Waals surface area contributed by atoms with Crippen molar-refractivity contribution < 1.29 is 9.50 Å². The molecule has 0 radical (unpaired) electrons. The molecule has 0 aliphatic carbocycles. The van der Waals surface area contributed by atoms with E-state index in [2.05, 4.69) is 13.0 Å². The maximum absolute atomic E-state index is 13.4. The fourth-order valence-electron chi connectivity index (χ4n) is 2.32. The predicted octanol–water partition coefficient (Wildman–Crippen LogP) is 4.17. The zero-order chi connectivity index (χ0) is 13.8. The van der Waals surface area contributed by atoms with Crippen LogP contribution in [-0.4, -0.2) is 5.11 Å². The molecule has 2 rings (SSSR count). The van der Waals surface area contributed by atoms with Crippen molar-refractivity contribution in [2.24, 2.45) is 0 Å². The Hall–Kier alpha value is -1.67. The summed E-state index contributed by atoms with van der Waals surface area (Å²) in [7, 11) is 0. The molecule has 0 aliphatic heterocycles. The van der Waals surface area contributed by atoms with Crippen LogP contribution in [0.3, 0.4) is 0 Å². The first-order valence-electron chi connectivity index (χ1n) is 6.64. The summed E-state index contributed by atoms with van der Waals surface area (Å²) in [5.74, 6) is -0.307. The Kier molecular flexibility index (Phi) is 4.33. The number of hydrogen-bond acceptors (Lipinski definition) is 1. The van der Waals surface area contributed by atoms with Gasteiger partial charge >= 0.3 is 0 Å². The predicted molar refractivity (Wildman–Crippen MR) is 75.6 cm³/mol. The molecule has 0 aliphatic rings. The van der Waals surface area contributed by atoms with Gasteiger partial charge in [0.1, 0.15) is 11.9 Å². The van der Waals surface area contributed by atoms with E-state index in [1.54, 1.807) is 0 Å². The highest BCUT2D eigenvalue weighted by Gasteiger charge is 2.12. The molecule has 2 aromatic rings. The van der Waals surface area contributed by atoms with Crippen LogP contribution in [-0.2, 0) is 6.42 Å². The fraction of sp³-hybridized carbons (Fsp3) is 0.294. The molecular formula is C17H19FO. The summed E-state index contributed by atoms with van der Waals surface area (Å²) in [6.45, 7) is 3.95. The van der Waals surface area contributed by atoms with Crippen molar-refractivity contribution in [2.45, 2.75) is 32.8 Å². The number of hydrogen-bond donors (Lipinski definition) is 1. The molecule has 0 saturated carbocycles. The van der Waals surface area contributed by atoms with Crippen molar-refractivity contribution in [2.75, 3.05) is 0 Å². The minimum Gasteiger partial charge on any atom is -0.384 e. The van der Waals surface area contributed by atoms with E-state index in [0.29, 0.717) is 5.56 Å². The fourth-order valence-corrected chi connectivity index (χ4v) is 2.32. The maximum atomic E-state index is 13.4. The normalized spacial score (nSPS) is 12.4. The first kappa shape index (κ1) is 13.8. The van der Waals surface area contributed by atoms with Crippen molar-refractivity contribution >= 4 is 0 Å². The van der Waals surface area contributed by atoms with Crippen molar-refractivity contribution in [1.29, 1.82) is 0 Å². The summed E-state index contributed by atoms with van der Waals surface area (Å²) in [6, 6.07) is 12.5. The molecule has 0 amide bonds. The van der Waals surface area contributed by atoms with Gasteiger partial charge < -0.3 is 5.11 Å². The molecule has 1 N–H and O–H groups in total. The molecule has 2 aromatic carbocycles. The average molecular weight is 258 g/mol. The van der Waals surface area contributed by atoms with Crippen LogP contribution in [0.2, 0.25) is 0 Å². The van der Waals surface area contributed by atoms with Crippen molar-refractivity contribution in [3.63, 3.8) is 0 Å². The molecule has 0 saturated heterocycles. The molecule has 0 spiro atoms. The average Bonchev–Trinajstić information content (AvgIpc) is 2.37. The van der Waals surface area contributed by atoms with Gasteiger partial charge in [0.05, 0.1) is 0 Å². The maximum Gasteiger partial charge on any atom is 0.123 e. The van der Waals surface area contributed by atoms with Gasteiger partial charge in [-0.3, -0.25) is 0 Å². The van der Waals surface area contributed by atoms with Gasteiger partial charge in [0.25, 0.3) is 0 Å². The third-order valence-electron chi connectivity index (χ3n) is 3.19. The van der Waals surface area contributed by atoms with Crippen molar-refractivity contribution in [3.05, 3.63) is 70.5 Å².